The summed E-state index contributed by atoms with van der Waals surface area (Å²) in [6.45, 7) is 10.4. The van der Waals surface area contributed by atoms with Crippen molar-refractivity contribution in [3.05, 3.63) is 0 Å². The number of imide groups is 1. The van der Waals surface area contributed by atoms with Crippen LogP contribution in [0.15, 0.2) is 0 Å². The number of carbonyl (C=O) groups excluding carboxylic acids is 2. The molecule has 1 saturated heterocycles. The summed E-state index contributed by atoms with van der Waals surface area (Å²) in [5, 5.41) is 0. The average Bonchev–Trinajstić information content (AvgIpc) is 2.58. The Hall–Kier alpha value is -1.06. The van der Waals surface area contributed by atoms with Crippen LogP contribution in [0, 0.1) is 17.8 Å². The highest BCUT2D eigenvalue weighted by Gasteiger charge is 2.40. The van der Waals surface area contributed by atoms with Gasteiger partial charge >= 0.3 is 6.09 Å². The molecule has 17 heavy (non-hydrogen) atoms. The summed E-state index contributed by atoms with van der Waals surface area (Å²) in [7, 11) is 0. The van der Waals surface area contributed by atoms with Crippen LogP contribution in [0.5, 0.6) is 0 Å². The fourth-order valence-corrected chi connectivity index (χ4v) is 2.23. The highest BCUT2D eigenvalue weighted by molar-refractivity contribution is 5.94. The van der Waals surface area contributed by atoms with Gasteiger partial charge in [0.05, 0.1) is 6.04 Å². The number of nitrogens with zero attached hydrogens (tertiary/aromatic N) is 1. The van der Waals surface area contributed by atoms with E-state index in [1.165, 1.54) is 4.90 Å². The predicted molar refractivity (Wildman–Crippen MR) is 65.4 cm³/mol. The maximum absolute atomic E-state index is 12.2. The molecule has 0 aromatic heterocycles. The Morgan fingerprint density at radius 2 is 1.94 bits per heavy atom. The average molecular weight is 241 g/mol. The van der Waals surface area contributed by atoms with E-state index in [1.54, 1.807) is 0 Å². The molecule has 1 heterocycles. The maximum Gasteiger partial charge on any atom is 0.416 e. The lowest BCUT2D eigenvalue weighted by Crippen LogP contribution is -2.44. The maximum atomic E-state index is 12.2. The number of carbonyl (C=O) groups is 2. The van der Waals surface area contributed by atoms with E-state index in [4.69, 9.17) is 4.74 Å². The van der Waals surface area contributed by atoms with E-state index in [0.29, 0.717) is 12.5 Å². The van der Waals surface area contributed by atoms with Crippen molar-refractivity contribution in [1.82, 2.24) is 4.90 Å². The Morgan fingerprint density at radius 1 is 1.35 bits per heavy atom. The molecule has 1 rings (SSSR count). The molecule has 0 aromatic rings. The van der Waals surface area contributed by atoms with E-state index in [2.05, 4.69) is 13.8 Å². The molecule has 0 radical (unpaired) electrons. The molecule has 0 unspecified atom stereocenters. The van der Waals surface area contributed by atoms with Crippen LogP contribution in [0.25, 0.3) is 0 Å². The van der Waals surface area contributed by atoms with Gasteiger partial charge in [-0.15, -0.1) is 0 Å². The van der Waals surface area contributed by atoms with Gasteiger partial charge in [-0.1, -0.05) is 34.6 Å². The van der Waals surface area contributed by atoms with Crippen LogP contribution in [-0.2, 0) is 9.53 Å². The highest BCUT2D eigenvalue weighted by atomic mass is 16.6. The van der Waals surface area contributed by atoms with Crippen LogP contribution in [0.4, 0.5) is 4.79 Å². The first kappa shape index (κ1) is 14.0. The molecule has 1 aliphatic rings. The fraction of sp³-hybridized carbons (Fsp3) is 0.846. The summed E-state index contributed by atoms with van der Waals surface area (Å²) in [6.07, 6.45) is 0.317. The molecule has 2 atom stereocenters. The van der Waals surface area contributed by atoms with Crippen molar-refractivity contribution in [1.29, 1.82) is 0 Å². The second-order valence-electron chi connectivity index (χ2n) is 5.63. The minimum absolute atomic E-state index is 0.0973. The molecular weight excluding hydrogens is 218 g/mol. The Bertz CT molecular complexity index is 299. The Morgan fingerprint density at radius 3 is 2.41 bits per heavy atom. The van der Waals surface area contributed by atoms with Crippen molar-refractivity contribution in [2.45, 2.75) is 47.1 Å². The van der Waals surface area contributed by atoms with E-state index in [-0.39, 0.29) is 23.8 Å². The van der Waals surface area contributed by atoms with Crippen molar-refractivity contribution in [3.63, 3.8) is 0 Å². The molecule has 1 fully saturated rings. The van der Waals surface area contributed by atoms with Crippen LogP contribution in [-0.4, -0.2) is 29.5 Å². The third-order valence-electron chi connectivity index (χ3n) is 3.16. The van der Waals surface area contributed by atoms with E-state index < -0.39 is 6.09 Å². The molecule has 98 valence electrons. The van der Waals surface area contributed by atoms with Crippen molar-refractivity contribution in [3.8, 4) is 0 Å². The van der Waals surface area contributed by atoms with Gasteiger partial charge in [-0.2, -0.15) is 0 Å². The zero-order valence-electron chi connectivity index (χ0n) is 11.4. The van der Waals surface area contributed by atoms with Gasteiger partial charge in [0, 0.05) is 5.92 Å². The topological polar surface area (TPSA) is 46.6 Å². The number of amides is 2. The van der Waals surface area contributed by atoms with Gasteiger partial charge < -0.3 is 4.74 Å². The monoisotopic (exact) mass is 241 g/mol. The molecule has 0 saturated carbocycles. The van der Waals surface area contributed by atoms with Gasteiger partial charge in [-0.05, 0) is 18.3 Å². The SMILES string of the molecule is CC(C)C[C@H](C)C(=O)N1C(=O)OC[C@@H]1C(C)C. The van der Waals surface area contributed by atoms with E-state index in [0.717, 1.165) is 6.42 Å². The quantitative estimate of drug-likeness (QED) is 0.760. The number of hydrogen-bond acceptors (Lipinski definition) is 3. The second kappa shape index (κ2) is 5.52. The summed E-state index contributed by atoms with van der Waals surface area (Å²) >= 11 is 0. The van der Waals surface area contributed by atoms with Crippen molar-refractivity contribution >= 4 is 12.0 Å². The number of ether oxygens (including phenoxy) is 1. The molecule has 0 N–H and O–H groups in total. The van der Waals surface area contributed by atoms with Crippen LogP contribution >= 0.6 is 0 Å². The molecule has 0 bridgehead atoms. The fourth-order valence-electron chi connectivity index (χ4n) is 2.23. The molecule has 0 aromatic carbocycles. The molecule has 1 aliphatic heterocycles. The first-order valence-electron chi connectivity index (χ1n) is 6.34. The van der Waals surface area contributed by atoms with E-state index in [1.807, 2.05) is 20.8 Å². The standard InChI is InChI=1S/C13H23NO3/c1-8(2)6-10(5)12(15)14-11(9(3)4)7-17-13(14)16/h8-11H,6-7H2,1-5H3/t10-,11+/m0/s1. The Labute approximate surface area is 103 Å². The van der Waals surface area contributed by atoms with Crippen molar-refractivity contribution in [2.24, 2.45) is 17.8 Å². The van der Waals surface area contributed by atoms with Gasteiger partial charge in [0.25, 0.3) is 0 Å². The minimum atomic E-state index is -0.482. The zero-order valence-corrected chi connectivity index (χ0v) is 11.4. The molecule has 4 heteroatoms. The number of rotatable bonds is 4. The smallest absolute Gasteiger partial charge is 0.416 e. The molecule has 2 amide bonds. The van der Waals surface area contributed by atoms with Crippen LogP contribution in [0.1, 0.15) is 41.0 Å². The Balaban J connectivity index is 2.75. The normalized spacial score (nSPS) is 22.2. The van der Waals surface area contributed by atoms with Gasteiger partial charge in [0.1, 0.15) is 6.61 Å². The zero-order chi connectivity index (χ0) is 13.2. The lowest BCUT2D eigenvalue weighted by atomic mass is 9.96. The van der Waals surface area contributed by atoms with Crippen LogP contribution in [0.2, 0.25) is 0 Å². The molecule has 4 nitrogen and oxygen atoms in total. The van der Waals surface area contributed by atoms with E-state index in [9.17, 15) is 9.59 Å². The van der Waals surface area contributed by atoms with Gasteiger partial charge in [0.15, 0.2) is 0 Å². The van der Waals surface area contributed by atoms with Crippen molar-refractivity contribution in [2.75, 3.05) is 6.61 Å². The summed E-state index contributed by atoms with van der Waals surface area (Å²) in [6, 6.07) is -0.107. The summed E-state index contributed by atoms with van der Waals surface area (Å²) in [5.41, 5.74) is 0. The van der Waals surface area contributed by atoms with Crippen LogP contribution < -0.4 is 0 Å². The second-order valence-corrected chi connectivity index (χ2v) is 5.63. The first-order valence-corrected chi connectivity index (χ1v) is 6.34. The van der Waals surface area contributed by atoms with Gasteiger partial charge in [-0.3, -0.25) is 4.79 Å². The van der Waals surface area contributed by atoms with Gasteiger partial charge in [0.2, 0.25) is 5.91 Å². The molecule has 0 spiro atoms. The largest absolute Gasteiger partial charge is 0.447 e. The first-order chi connectivity index (χ1) is 7.84. The lowest BCUT2D eigenvalue weighted by Gasteiger charge is -2.25. The summed E-state index contributed by atoms with van der Waals surface area (Å²) < 4.78 is 4.98. The highest BCUT2D eigenvalue weighted by Crippen LogP contribution is 2.24. The summed E-state index contributed by atoms with van der Waals surface area (Å²) in [4.78, 5) is 25.2. The number of hydrogen-bond donors (Lipinski definition) is 0. The predicted octanol–water partition coefficient (Wildman–Crippen LogP) is 2.67. The lowest BCUT2D eigenvalue weighted by molar-refractivity contribution is -0.134. The third-order valence-corrected chi connectivity index (χ3v) is 3.16. The van der Waals surface area contributed by atoms with Gasteiger partial charge in [-0.25, -0.2) is 9.69 Å². The third kappa shape index (κ3) is 3.20. The molecule has 0 aliphatic carbocycles. The minimum Gasteiger partial charge on any atom is -0.447 e. The summed E-state index contributed by atoms with van der Waals surface area (Å²) in [5.74, 6) is 0.462. The molecular formula is C13H23NO3. The van der Waals surface area contributed by atoms with Crippen LogP contribution in [0.3, 0.4) is 0 Å². The number of cyclic esters (lactones) is 1. The Kier molecular flexibility index (Phi) is 4.54. The van der Waals surface area contributed by atoms with Crippen molar-refractivity contribution < 1.29 is 14.3 Å². The van der Waals surface area contributed by atoms with E-state index >= 15 is 0 Å².